The molecule has 0 bridgehead atoms. The van der Waals surface area contributed by atoms with E-state index < -0.39 is 0 Å². The van der Waals surface area contributed by atoms with Crippen LogP contribution in [0.5, 0.6) is 0 Å². The standard InChI is InChI=1S/C14H14N4OS2/c1-8-3-5-10(6-4-8)12-17-11(18-19-12)7-20-13-9(2)16-14(15)21-13/h3-6H,7H2,1-2H3,(H2,15,16). The highest BCUT2D eigenvalue weighted by Gasteiger charge is 2.11. The van der Waals surface area contributed by atoms with Crippen LogP contribution in [0.25, 0.3) is 11.5 Å². The van der Waals surface area contributed by atoms with Crippen molar-refractivity contribution in [1.29, 1.82) is 0 Å². The monoisotopic (exact) mass is 318 g/mol. The lowest BCUT2D eigenvalue weighted by molar-refractivity contribution is 0.425. The van der Waals surface area contributed by atoms with Crippen molar-refractivity contribution in [2.45, 2.75) is 23.8 Å². The molecule has 2 aromatic heterocycles. The van der Waals surface area contributed by atoms with Crippen molar-refractivity contribution in [3.05, 3.63) is 41.3 Å². The van der Waals surface area contributed by atoms with E-state index in [1.807, 2.05) is 38.1 Å². The molecule has 2 N–H and O–H groups in total. The quantitative estimate of drug-likeness (QED) is 0.739. The van der Waals surface area contributed by atoms with E-state index in [2.05, 4.69) is 15.1 Å². The average Bonchev–Trinajstić information content (AvgIpc) is 3.04. The summed E-state index contributed by atoms with van der Waals surface area (Å²) >= 11 is 3.10. The molecule has 0 unspecified atom stereocenters. The van der Waals surface area contributed by atoms with Crippen molar-refractivity contribution in [3.63, 3.8) is 0 Å². The average molecular weight is 318 g/mol. The molecule has 2 heterocycles. The van der Waals surface area contributed by atoms with Crippen molar-refractivity contribution >= 4 is 28.2 Å². The van der Waals surface area contributed by atoms with Crippen molar-refractivity contribution in [1.82, 2.24) is 15.1 Å². The predicted molar refractivity (Wildman–Crippen MR) is 85.3 cm³/mol. The molecular formula is C14H14N4OS2. The zero-order valence-corrected chi connectivity index (χ0v) is 13.3. The molecule has 3 aromatic rings. The number of rotatable bonds is 4. The maximum atomic E-state index is 5.68. The normalized spacial score (nSPS) is 11.0. The van der Waals surface area contributed by atoms with Gasteiger partial charge in [0.2, 0.25) is 0 Å². The molecule has 0 fully saturated rings. The third-order valence-electron chi connectivity index (χ3n) is 2.87. The number of thioether (sulfide) groups is 1. The number of nitrogens with two attached hydrogens (primary N) is 1. The first kappa shape index (κ1) is 14.1. The van der Waals surface area contributed by atoms with Gasteiger partial charge in [-0.2, -0.15) is 4.98 Å². The summed E-state index contributed by atoms with van der Waals surface area (Å²) < 4.78 is 6.39. The van der Waals surface area contributed by atoms with Crippen molar-refractivity contribution in [2.24, 2.45) is 0 Å². The Balaban J connectivity index is 1.70. The molecule has 0 aliphatic carbocycles. The van der Waals surface area contributed by atoms with Crippen LogP contribution in [-0.4, -0.2) is 15.1 Å². The molecule has 108 valence electrons. The molecule has 0 atom stereocenters. The number of aryl methyl sites for hydroxylation is 2. The fraction of sp³-hybridized carbons (Fsp3) is 0.214. The lowest BCUT2D eigenvalue weighted by Gasteiger charge is -1.95. The van der Waals surface area contributed by atoms with Gasteiger partial charge >= 0.3 is 0 Å². The van der Waals surface area contributed by atoms with Gasteiger partial charge in [0.05, 0.1) is 15.7 Å². The molecule has 21 heavy (non-hydrogen) atoms. The van der Waals surface area contributed by atoms with Crippen LogP contribution in [0.3, 0.4) is 0 Å². The summed E-state index contributed by atoms with van der Waals surface area (Å²) in [7, 11) is 0. The van der Waals surface area contributed by atoms with Gasteiger partial charge in [-0.1, -0.05) is 34.2 Å². The Labute approximate surface area is 130 Å². The lowest BCUT2D eigenvalue weighted by atomic mass is 10.1. The van der Waals surface area contributed by atoms with E-state index in [0.717, 1.165) is 15.5 Å². The second-order valence-corrected chi connectivity index (χ2v) is 6.87. The van der Waals surface area contributed by atoms with Gasteiger partial charge in [0.1, 0.15) is 0 Å². The summed E-state index contributed by atoms with van der Waals surface area (Å²) in [5.41, 5.74) is 8.77. The summed E-state index contributed by atoms with van der Waals surface area (Å²) in [5, 5.41) is 4.60. The Bertz CT molecular complexity index is 749. The van der Waals surface area contributed by atoms with E-state index in [9.17, 15) is 0 Å². The van der Waals surface area contributed by atoms with Crippen LogP contribution in [-0.2, 0) is 5.75 Å². The van der Waals surface area contributed by atoms with Gasteiger partial charge < -0.3 is 10.3 Å². The third kappa shape index (κ3) is 3.25. The first-order chi connectivity index (χ1) is 10.1. The van der Waals surface area contributed by atoms with Crippen LogP contribution in [0, 0.1) is 13.8 Å². The van der Waals surface area contributed by atoms with Crippen LogP contribution in [0.4, 0.5) is 5.13 Å². The van der Waals surface area contributed by atoms with Crippen LogP contribution in [0.2, 0.25) is 0 Å². The van der Waals surface area contributed by atoms with E-state index in [4.69, 9.17) is 10.3 Å². The van der Waals surface area contributed by atoms with Crippen LogP contribution in [0.1, 0.15) is 17.1 Å². The minimum atomic E-state index is 0.547. The number of aromatic nitrogens is 3. The highest BCUT2D eigenvalue weighted by Crippen LogP contribution is 2.32. The first-order valence-corrected chi connectivity index (χ1v) is 8.17. The molecule has 0 radical (unpaired) electrons. The predicted octanol–water partition coefficient (Wildman–Crippen LogP) is 3.68. The fourth-order valence-electron chi connectivity index (χ4n) is 1.79. The molecule has 5 nitrogen and oxygen atoms in total. The lowest BCUT2D eigenvalue weighted by Crippen LogP contribution is -1.84. The van der Waals surface area contributed by atoms with Gasteiger partial charge in [-0.05, 0) is 26.0 Å². The van der Waals surface area contributed by atoms with Gasteiger partial charge in [-0.3, -0.25) is 0 Å². The Morgan fingerprint density at radius 2 is 1.95 bits per heavy atom. The second kappa shape index (κ2) is 5.87. The van der Waals surface area contributed by atoms with Crippen LogP contribution < -0.4 is 5.73 Å². The van der Waals surface area contributed by atoms with E-state index >= 15 is 0 Å². The Kier molecular flexibility index (Phi) is 3.94. The number of anilines is 1. The summed E-state index contributed by atoms with van der Waals surface area (Å²) in [4.78, 5) is 8.61. The van der Waals surface area contributed by atoms with Gasteiger partial charge in [-0.15, -0.1) is 11.8 Å². The number of hydrogen-bond acceptors (Lipinski definition) is 7. The number of benzene rings is 1. The zero-order chi connectivity index (χ0) is 14.8. The molecule has 0 aliphatic heterocycles. The van der Waals surface area contributed by atoms with E-state index in [1.54, 1.807) is 11.8 Å². The fourth-order valence-corrected chi connectivity index (χ4v) is 3.66. The third-order valence-corrected chi connectivity index (χ3v) is 5.21. The smallest absolute Gasteiger partial charge is 0.257 e. The van der Waals surface area contributed by atoms with Crippen molar-refractivity contribution in [3.8, 4) is 11.5 Å². The minimum absolute atomic E-state index is 0.547. The second-order valence-electron chi connectivity index (χ2n) is 4.60. The van der Waals surface area contributed by atoms with Gasteiger partial charge in [-0.25, -0.2) is 4.98 Å². The SMILES string of the molecule is Cc1ccc(-c2nc(CSc3sc(N)nc3C)no2)cc1. The topological polar surface area (TPSA) is 77.8 Å². The Hall–Kier alpha value is -1.86. The summed E-state index contributed by atoms with van der Waals surface area (Å²) in [5.74, 6) is 1.85. The van der Waals surface area contributed by atoms with Crippen molar-refractivity contribution in [2.75, 3.05) is 5.73 Å². The molecule has 1 aromatic carbocycles. The Morgan fingerprint density at radius 3 is 2.62 bits per heavy atom. The number of nitrogens with zero attached hydrogens (tertiary/aromatic N) is 3. The Morgan fingerprint density at radius 1 is 1.19 bits per heavy atom. The molecule has 0 saturated heterocycles. The summed E-state index contributed by atoms with van der Waals surface area (Å²) in [6.45, 7) is 3.99. The highest BCUT2D eigenvalue weighted by atomic mass is 32.2. The molecule has 3 rings (SSSR count). The molecule has 7 heteroatoms. The molecular weight excluding hydrogens is 304 g/mol. The van der Waals surface area contributed by atoms with Crippen LogP contribution >= 0.6 is 23.1 Å². The largest absolute Gasteiger partial charge is 0.375 e. The first-order valence-electron chi connectivity index (χ1n) is 6.37. The minimum Gasteiger partial charge on any atom is -0.375 e. The maximum absolute atomic E-state index is 5.68. The number of thiazole rings is 1. The van der Waals surface area contributed by atoms with Crippen molar-refractivity contribution < 1.29 is 4.52 Å². The summed E-state index contributed by atoms with van der Waals surface area (Å²) in [6.07, 6.45) is 0. The van der Waals surface area contributed by atoms with Gasteiger partial charge in [0.15, 0.2) is 11.0 Å². The molecule has 0 amide bonds. The molecule has 0 aliphatic rings. The van der Waals surface area contributed by atoms with Crippen LogP contribution in [0.15, 0.2) is 33.0 Å². The van der Waals surface area contributed by atoms with E-state index in [0.29, 0.717) is 22.6 Å². The van der Waals surface area contributed by atoms with Gasteiger partial charge in [0.25, 0.3) is 5.89 Å². The van der Waals surface area contributed by atoms with E-state index in [-0.39, 0.29) is 0 Å². The highest BCUT2D eigenvalue weighted by molar-refractivity contribution is 8.00. The van der Waals surface area contributed by atoms with Gasteiger partial charge in [0, 0.05) is 5.56 Å². The molecule has 0 saturated carbocycles. The van der Waals surface area contributed by atoms with E-state index in [1.165, 1.54) is 16.9 Å². The number of hydrogen-bond donors (Lipinski definition) is 1. The summed E-state index contributed by atoms with van der Waals surface area (Å²) in [6, 6.07) is 8.01. The maximum Gasteiger partial charge on any atom is 0.257 e. The zero-order valence-electron chi connectivity index (χ0n) is 11.7. The number of nitrogen functional groups attached to an aromatic ring is 1. The molecule has 0 spiro atoms.